The number of nitrogens with one attached hydrogen (secondary N) is 2. The first-order chi connectivity index (χ1) is 11.8. The van der Waals surface area contributed by atoms with Gasteiger partial charge in [-0.3, -0.25) is 4.90 Å². The first-order valence-corrected chi connectivity index (χ1v) is 10.2. The molecule has 2 N–H and O–H groups in total. The Kier molecular flexibility index (Phi) is 9.85. The van der Waals surface area contributed by atoms with E-state index in [1.54, 1.807) is 11.3 Å². The van der Waals surface area contributed by atoms with Crippen molar-refractivity contribution in [3.05, 3.63) is 21.9 Å². The molecule has 2 unspecified atom stereocenters. The van der Waals surface area contributed by atoms with Crippen LogP contribution in [0, 0.1) is 6.92 Å². The zero-order valence-corrected chi connectivity index (χ0v) is 20.1. The van der Waals surface area contributed by atoms with E-state index in [1.165, 1.54) is 10.4 Å². The van der Waals surface area contributed by atoms with Gasteiger partial charge in [-0.05, 0) is 58.6 Å². The van der Waals surface area contributed by atoms with Crippen molar-refractivity contribution >= 4 is 41.3 Å². The van der Waals surface area contributed by atoms with Crippen molar-refractivity contribution in [1.82, 2.24) is 15.5 Å². The SMILES string of the molecule is CCNC(=NCc1sccc1C)NCC(C)(C)N1CC(C)OC(C)C1.I. The minimum Gasteiger partial charge on any atom is -0.373 e. The molecule has 0 amide bonds. The quantitative estimate of drug-likeness (QED) is 0.361. The second-order valence-electron chi connectivity index (χ2n) is 7.55. The van der Waals surface area contributed by atoms with Crippen molar-refractivity contribution in [2.75, 3.05) is 26.2 Å². The lowest BCUT2D eigenvalue weighted by Gasteiger charge is -2.45. The Bertz CT molecular complexity index is 566. The van der Waals surface area contributed by atoms with Crippen molar-refractivity contribution < 1.29 is 4.74 Å². The number of morpholine rings is 1. The van der Waals surface area contributed by atoms with Crippen LogP contribution < -0.4 is 10.6 Å². The molecule has 2 rings (SSSR count). The third-order valence-electron chi connectivity index (χ3n) is 4.66. The number of halogens is 1. The lowest BCUT2D eigenvalue weighted by Crippen LogP contribution is -2.59. The van der Waals surface area contributed by atoms with E-state index in [4.69, 9.17) is 9.73 Å². The van der Waals surface area contributed by atoms with Gasteiger partial charge in [0.1, 0.15) is 0 Å². The number of nitrogens with zero attached hydrogens (tertiary/aromatic N) is 2. The highest BCUT2D eigenvalue weighted by Gasteiger charge is 2.33. The van der Waals surface area contributed by atoms with E-state index in [-0.39, 0.29) is 41.7 Å². The predicted octanol–water partition coefficient (Wildman–Crippen LogP) is 3.62. The Morgan fingerprint density at radius 2 is 1.96 bits per heavy atom. The molecule has 1 aliphatic heterocycles. The number of hydrogen-bond donors (Lipinski definition) is 2. The fraction of sp³-hybridized carbons (Fsp3) is 0.737. The van der Waals surface area contributed by atoms with Gasteiger partial charge in [-0.15, -0.1) is 35.3 Å². The van der Waals surface area contributed by atoms with Gasteiger partial charge >= 0.3 is 0 Å². The summed E-state index contributed by atoms with van der Waals surface area (Å²) in [6, 6.07) is 2.15. The molecule has 5 nitrogen and oxygen atoms in total. The molecule has 0 spiro atoms. The van der Waals surface area contributed by atoms with Crippen molar-refractivity contribution in [2.24, 2.45) is 4.99 Å². The van der Waals surface area contributed by atoms with Crippen LogP contribution in [0.4, 0.5) is 0 Å². The van der Waals surface area contributed by atoms with Crippen molar-refractivity contribution in [3.8, 4) is 0 Å². The summed E-state index contributed by atoms with van der Waals surface area (Å²) in [4.78, 5) is 8.60. The molecule has 1 aliphatic rings. The summed E-state index contributed by atoms with van der Waals surface area (Å²) in [7, 11) is 0. The third-order valence-corrected chi connectivity index (χ3v) is 5.67. The Morgan fingerprint density at radius 1 is 1.31 bits per heavy atom. The molecule has 0 radical (unpaired) electrons. The van der Waals surface area contributed by atoms with Crippen molar-refractivity contribution in [1.29, 1.82) is 0 Å². The maximum absolute atomic E-state index is 5.87. The van der Waals surface area contributed by atoms with E-state index in [2.05, 4.69) is 68.5 Å². The fourth-order valence-electron chi connectivity index (χ4n) is 3.14. The molecule has 2 heterocycles. The number of aliphatic imine (C=N–C) groups is 1. The van der Waals surface area contributed by atoms with Gasteiger partial charge in [0.2, 0.25) is 0 Å². The summed E-state index contributed by atoms with van der Waals surface area (Å²) in [5.74, 6) is 0.887. The normalized spacial score (nSPS) is 22.0. The van der Waals surface area contributed by atoms with Crippen LogP contribution in [-0.2, 0) is 11.3 Å². The largest absolute Gasteiger partial charge is 0.373 e. The maximum atomic E-state index is 5.87. The highest BCUT2D eigenvalue weighted by Crippen LogP contribution is 2.21. The predicted molar refractivity (Wildman–Crippen MR) is 123 cm³/mol. The Morgan fingerprint density at radius 3 is 2.50 bits per heavy atom. The monoisotopic (exact) mass is 494 g/mol. The van der Waals surface area contributed by atoms with Gasteiger partial charge < -0.3 is 15.4 Å². The number of thiophene rings is 1. The molecule has 0 aliphatic carbocycles. The molecule has 1 saturated heterocycles. The van der Waals surface area contributed by atoms with Crippen LogP contribution in [0.2, 0.25) is 0 Å². The third kappa shape index (κ3) is 6.98. The van der Waals surface area contributed by atoms with E-state index >= 15 is 0 Å². The molecule has 26 heavy (non-hydrogen) atoms. The van der Waals surface area contributed by atoms with Crippen LogP contribution in [-0.4, -0.2) is 54.8 Å². The molecule has 0 bridgehead atoms. The molecule has 7 heteroatoms. The fourth-order valence-corrected chi connectivity index (χ4v) is 3.97. The van der Waals surface area contributed by atoms with Crippen LogP contribution in [0.5, 0.6) is 0 Å². The second kappa shape index (κ2) is 10.8. The first-order valence-electron chi connectivity index (χ1n) is 9.27. The standard InChI is InChI=1S/C19H34N4OS.HI/c1-7-20-18(21-10-17-14(2)8-9-25-17)22-13-19(5,6)23-11-15(3)24-16(4)12-23;/h8-9,15-16H,7,10-13H2,1-6H3,(H2,20,21,22);1H. The smallest absolute Gasteiger partial charge is 0.191 e. The lowest BCUT2D eigenvalue weighted by molar-refractivity contribution is -0.0946. The first kappa shape index (κ1) is 23.7. The van der Waals surface area contributed by atoms with Crippen molar-refractivity contribution in [3.63, 3.8) is 0 Å². The van der Waals surface area contributed by atoms with Gasteiger partial charge in [-0.1, -0.05) is 0 Å². The van der Waals surface area contributed by atoms with E-state index in [0.717, 1.165) is 38.7 Å². The van der Waals surface area contributed by atoms with Crippen LogP contribution in [0.1, 0.15) is 45.1 Å². The zero-order chi connectivity index (χ0) is 18.4. The summed E-state index contributed by atoms with van der Waals surface area (Å²) < 4.78 is 5.87. The summed E-state index contributed by atoms with van der Waals surface area (Å²) in [6.07, 6.45) is 0.568. The van der Waals surface area contributed by atoms with Crippen LogP contribution in [0.25, 0.3) is 0 Å². The summed E-state index contributed by atoms with van der Waals surface area (Å²) in [5, 5.41) is 9.02. The van der Waals surface area contributed by atoms with Crippen LogP contribution >= 0.6 is 35.3 Å². The highest BCUT2D eigenvalue weighted by molar-refractivity contribution is 14.0. The molecule has 150 valence electrons. The molecular formula is C19H35IN4OS. The Labute approximate surface area is 180 Å². The minimum atomic E-state index is 0. The minimum absolute atomic E-state index is 0. The summed E-state index contributed by atoms with van der Waals surface area (Å²) in [6.45, 7) is 17.5. The van der Waals surface area contributed by atoms with Crippen molar-refractivity contribution in [2.45, 2.75) is 65.8 Å². The molecule has 0 aromatic carbocycles. The average Bonchev–Trinajstić information content (AvgIpc) is 2.94. The number of aryl methyl sites for hydroxylation is 1. The van der Waals surface area contributed by atoms with Gasteiger partial charge in [-0.25, -0.2) is 4.99 Å². The van der Waals surface area contributed by atoms with Gasteiger partial charge in [-0.2, -0.15) is 0 Å². The van der Waals surface area contributed by atoms with E-state index < -0.39 is 0 Å². The van der Waals surface area contributed by atoms with Gasteiger partial charge in [0.25, 0.3) is 0 Å². The van der Waals surface area contributed by atoms with E-state index in [0.29, 0.717) is 0 Å². The van der Waals surface area contributed by atoms with Gasteiger partial charge in [0.05, 0.1) is 18.8 Å². The zero-order valence-electron chi connectivity index (χ0n) is 17.0. The molecular weight excluding hydrogens is 459 g/mol. The van der Waals surface area contributed by atoms with Gasteiger partial charge in [0, 0.05) is 36.6 Å². The maximum Gasteiger partial charge on any atom is 0.191 e. The second-order valence-corrected chi connectivity index (χ2v) is 8.55. The Balaban J connectivity index is 0.00000338. The number of guanidine groups is 1. The molecule has 1 fully saturated rings. The topological polar surface area (TPSA) is 48.9 Å². The molecule has 1 aromatic rings. The average molecular weight is 494 g/mol. The van der Waals surface area contributed by atoms with Gasteiger partial charge in [0.15, 0.2) is 5.96 Å². The van der Waals surface area contributed by atoms with Crippen LogP contribution in [0.3, 0.4) is 0 Å². The number of hydrogen-bond acceptors (Lipinski definition) is 4. The Hall–Kier alpha value is -0.380. The van der Waals surface area contributed by atoms with E-state index in [1.807, 2.05) is 0 Å². The number of rotatable bonds is 6. The summed E-state index contributed by atoms with van der Waals surface area (Å²) in [5.41, 5.74) is 1.36. The molecule has 2 atom stereocenters. The molecule has 1 aromatic heterocycles. The van der Waals surface area contributed by atoms with E-state index in [9.17, 15) is 0 Å². The highest BCUT2D eigenvalue weighted by atomic mass is 127. The lowest BCUT2D eigenvalue weighted by atomic mass is 10.00. The molecule has 0 saturated carbocycles. The number of ether oxygens (including phenoxy) is 1. The summed E-state index contributed by atoms with van der Waals surface area (Å²) >= 11 is 1.77. The van der Waals surface area contributed by atoms with Crippen LogP contribution in [0.15, 0.2) is 16.4 Å².